The van der Waals surface area contributed by atoms with E-state index in [0.717, 1.165) is 5.56 Å². The van der Waals surface area contributed by atoms with Crippen molar-refractivity contribution in [3.8, 4) is 11.3 Å². The predicted molar refractivity (Wildman–Crippen MR) is 91.1 cm³/mol. The summed E-state index contributed by atoms with van der Waals surface area (Å²) in [5, 5.41) is 1.65. The van der Waals surface area contributed by atoms with Gasteiger partial charge in [0.1, 0.15) is 9.71 Å². The van der Waals surface area contributed by atoms with Crippen LogP contribution in [0.4, 0.5) is 5.69 Å². The van der Waals surface area contributed by atoms with Crippen LogP contribution in [0.2, 0.25) is 10.0 Å². The Balaban J connectivity index is 2.13. The third-order valence-electron chi connectivity index (χ3n) is 3.15. The maximum Gasteiger partial charge on any atom is 0.277 e. The number of nitrogen functional groups attached to an aromatic ring is 2. The summed E-state index contributed by atoms with van der Waals surface area (Å²) in [6.07, 6.45) is 0. The normalized spacial score (nSPS) is 10.9. The molecule has 0 atom stereocenters. The Hall–Kier alpha value is -1.86. The van der Waals surface area contributed by atoms with E-state index in [9.17, 15) is 4.79 Å². The Morgan fingerprint density at radius 2 is 1.95 bits per heavy atom. The molecule has 0 spiro atoms. The second kappa shape index (κ2) is 5.73. The molecule has 0 bridgehead atoms. The largest absolute Gasteiger partial charge is 0.397 e. The number of aromatic nitrogens is 1. The molecule has 0 radical (unpaired) electrons. The summed E-state index contributed by atoms with van der Waals surface area (Å²) in [7, 11) is 0. The van der Waals surface area contributed by atoms with Crippen LogP contribution < -0.4 is 17.0 Å². The van der Waals surface area contributed by atoms with Crippen molar-refractivity contribution in [3.05, 3.63) is 45.3 Å². The first-order valence-corrected chi connectivity index (χ1v) is 7.74. The Morgan fingerprint density at radius 3 is 2.64 bits per heavy atom. The molecule has 3 aromatic rings. The fourth-order valence-electron chi connectivity index (χ4n) is 2.05. The lowest BCUT2D eigenvalue weighted by Crippen LogP contribution is -2.29. The molecule has 2 heterocycles. The summed E-state index contributed by atoms with van der Waals surface area (Å²) in [6, 6.07) is 8.91. The highest BCUT2D eigenvalue weighted by Crippen LogP contribution is 2.35. The number of pyridine rings is 1. The average Bonchev–Trinajstić information content (AvgIpc) is 2.86. The van der Waals surface area contributed by atoms with E-state index in [0.29, 0.717) is 36.5 Å². The number of anilines is 1. The number of amides is 1. The fourth-order valence-corrected chi connectivity index (χ4v) is 3.34. The van der Waals surface area contributed by atoms with Crippen molar-refractivity contribution in [1.82, 2.24) is 10.4 Å². The Bertz CT molecular complexity index is 894. The number of hydrogen-bond acceptors (Lipinski definition) is 5. The van der Waals surface area contributed by atoms with Crippen LogP contribution >= 0.6 is 34.5 Å². The second-order valence-electron chi connectivity index (χ2n) is 4.50. The van der Waals surface area contributed by atoms with Gasteiger partial charge in [-0.3, -0.25) is 10.2 Å². The maximum atomic E-state index is 11.7. The molecule has 112 valence electrons. The zero-order valence-corrected chi connectivity index (χ0v) is 13.4. The first-order chi connectivity index (χ1) is 10.5. The summed E-state index contributed by atoms with van der Waals surface area (Å²) < 4.78 is 0. The number of hydrogen-bond donors (Lipinski definition) is 3. The Kier molecular flexibility index (Phi) is 3.92. The number of thiophene rings is 1. The predicted octanol–water partition coefficient (Wildman–Crippen LogP) is 3.46. The highest BCUT2D eigenvalue weighted by atomic mass is 35.5. The van der Waals surface area contributed by atoms with Gasteiger partial charge in [0.15, 0.2) is 0 Å². The van der Waals surface area contributed by atoms with E-state index in [1.54, 1.807) is 12.1 Å². The first kappa shape index (κ1) is 15.1. The SMILES string of the molecule is NNC(=O)c1sc2nc(-c3ccc(Cl)c(Cl)c3)ccc2c1N. The number of carbonyl (C=O) groups excluding carboxylic acids is 1. The van der Waals surface area contributed by atoms with Gasteiger partial charge in [-0.2, -0.15) is 0 Å². The van der Waals surface area contributed by atoms with Crippen LogP contribution in [0.1, 0.15) is 9.67 Å². The number of nitrogens with one attached hydrogen (secondary N) is 1. The minimum absolute atomic E-state index is 0.344. The van der Waals surface area contributed by atoms with E-state index >= 15 is 0 Å². The van der Waals surface area contributed by atoms with Crippen LogP contribution in [0, 0.1) is 0 Å². The van der Waals surface area contributed by atoms with Crippen LogP contribution in [0.3, 0.4) is 0 Å². The Morgan fingerprint density at radius 1 is 1.18 bits per heavy atom. The molecule has 0 unspecified atom stereocenters. The average molecular weight is 353 g/mol. The van der Waals surface area contributed by atoms with Gasteiger partial charge in [-0.05, 0) is 24.3 Å². The van der Waals surface area contributed by atoms with Gasteiger partial charge in [-0.15, -0.1) is 11.3 Å². The summed E-state index contributed by atoms with van der Waals surface area (Å²) in [4.78, 5) is 17.2. The molecule has 0 aliphatic carbocycles. The topological polar surface area (TPSA) is 94.0 Å². The van der Waals surface area contributed by atoms with Crippen LogP contribution in [0.15, 0.2) is 30.3 Å². The van der Waals surface area contributed by atoms with Crippen LogP contribution in [0.5, 0.6) is 0 Å². The minimum Gasteiger partial charge on any atom is -0.397 e. The molecule has 2 aromatic heterocycles. The molecule has 5 nitrogen and oxygen atoms in total. The van der Waals surface area contributed by atoms with E-state index < -0.39 is 5.91 Å². The van der Waals surface area contributed by atoms with Gasteiger partial charge < -0.3 is 5.73 Å². The first-order valence-electron chi connectivity index (χ1n) is 6.16. The zero-order chi connectivity index (χ0) is 15.9. The molecule has 8 heteroatoms. The highest BCUT2D eigenvalue weighted by Gasteiger charge is 2.17. The molecule has 1 aromatic carbocycles. The molecule has 0 aliphatic rings. The molecular formula is C14H10Cl2N4OS. The standard InChI is InChI=1S/C14H10Cl2N4OS/c15-8-3-1-6(5-9(8)16)10-4-2-7-11(17)12(13(21)20-18)22-14(7)19-10/h1-5H,17-18H2,(H,20,21). The van der Waals surface area contributed by atoms with Crippen molar-refractivity contribution in [2.24, 2.45) is 5.84 Å². The highest BCUT2D eigenvalue weighted by molar-refractivity contribution is 7.21. The maximum absolute atomic E-state index is 11.7. The van der Waals surface area contributed by atoms with Crippen molar-refractivity contribution in [1.29, 1.82) is 0 Å². The molecular weight excluding hydrogens is 343 g/mol. The van der Waals surface area contributed by atoms with Crippen molar-refractivity contribution in [3.63, 3.8) is 0 Å². The third kappa shape index (κ3) is 2.50. The number of nitrogens with two attached hydrogens (primary N) is 2. The molecule has 0 saturated heterocycles. The van der Waals surface area contributed by atoms with Crippen molar-refractivity contribution < 1.29 is 4.79 Å². The summed E-state index contributed by atoms with van der Waals surface area (Å²) in [5.41, 5.74) is 9.95. The number of fused-ring (bicyclic) bond motifs is 1. The summed E-state index contributed by atoms with van der Waals surface area (Å²) in [6.45, 7) is 0. The van der Waals surface area contributed by atoms with Gasteiger partial charge in [-0.1, -0.05) is 29.3 Å². The van der Waals surface area contributed by atoms with Gasteiger partial charge in [-0.25, -0.2) is 10.8 Å². The van der Waals surface area contributed by atoms with Gasteiger partial charge in [0.05, 0.1) is 21.4 Å². The molecule has 5 N–H and O–H groups in total. The van der Waals surface area contributed by atoms with Crippen LogP contribution in [0.25, 0.3) is 21.5 Å². The van der Waals surface area contributed by atoms with Crippen molar-refractivity contribution in [2.45, 2.75) is 0 Å². The molecule has 0 fully saturated rings. The van der Waals surface area contributed by atoms with Crippen LogP contribution in [-0.4, -0.2) is 10.9 Å². The van der Waals surface area contributed by atoms with E-state index in [1.807, 2.05) is 18.2 Å². The fraction of sp³-hybridized carbons (Fsp3) is 0. The lowest BCUT2D eigenvalue weighted by atomic mass is 10.1. The lowest BCUT2D eigenvalue weighted by molar-refractivity contribution is 0.0958. The third-order valence-corrected chi connectivity index (χ3v) is 5.00. The second-order valence-corrected chi connectivity index (χ2v) is 6.31. The molecule has 0 aliphatic heterocycles. The number of nitrogens with zero attached hydrogens (tertiary/aromatic N) is 1. The van der Waals surface area contributed by atoms with Gasteiger partial charge in [0, 0.05) is 10.9 Å². The molecule has 0 saturated carbocycles. The quantitative estimate of drug-likeness (QED) is 0.374. The summed E-state index contributed by atoms with van der Waals surface area (Å²) >= 11 is 13.1. The van der Waals surface area contributed by atoms with Gasteiger partial charge >= 0.3 is 0 Å². The van der Waals surface area contributed by atoms with E-state index in [2.05, 4.69) is 10.4 Å². The monoisotopic (exact) mass is 352 g/mol. The van der Waals surface area contributed by atoms with Crippen molar-refractivity contribution in [2.75, 3.05) is 5.73 Å². The van der Waals surface area contributed by atoms with Gasteiger partial charge in [0.25, 0.3) is 5.91 Å². The minimum atomic E-state index is -0.434. The smallest absolute Gasteiger partial charge is 0.277 e. The van der Waals surface area contributed by atoms with Gasteiger partial charge in [0.2, 0.25) is 0 Å². The zero-order valence-electron chi connectivity index (χ0n) is 11.1. The molecule has 1 amide bonds. The number of hydrazine groups is 1. The van der Waals surface area contributed by atoms with E-state index in [1.165, 1.54) is 11.3 Å². The summed E-state index contributed by atoms with van der Waals surface area (Å²) in [5.74, 6) is 4.72. The van der Waals surface area contributed by atoms with Crippen LogP contribution in [-0.2, 0) is 0 Å². The number of carbonyl (C=O) groups is 1. The van der Waals surface area contributed by atoms with E-state index in [4.69, 9.17) is 34.8 Å². The van der Waals surface area contributed by atoms with Crippen molar-refractivity contribution >= 4 is 56.3 Å². The number of benzene rings is 1. The lowest BCUT2D eigenvalue weighted by Gasteiger charge is -2.03. The Labute approximate surface area is 139 Å². The molecule has 22 heavy (non-hydrogen) atoms. The molecule has 3 rings (SSSR count). The van der Waals surface area contributed by atoms with E-state index in [-0.39, 0.29) is 0 Å². The number of halogens is 2. The number of rotatable bonds is 2.